The van der Waals surface area contributed by atoms with Gasteiger partial charge in [0.2, 0.25) is 0 Å². The van der Waals surface area contributed by atoms with E-state index in [1.807, 2.05) is 46.8 Å². The summed E-state index contributed by atoms with van der Waals surface area (Å²) in [6.07, 6.45) is 0.548. The van der Waals surface area contributed by atoms with Crippen molar-refractivity contribution < 1.29 is 13.5 Å². The van der Waals surface area contributed by atoms with Crippen LogP contribution < -0.4 is 10.5 Å². The molecular formula is C32H36F2N2O. The maximum absolute atomic E-state index is 15.0. The van der Waals surface area contributed by atoms with Gasteiger partial charge in [-0.1, -0.05) is 30.3 Å². The number of anilines is 1. The Hall–Kier alpha value is -3.39. The summed E-state index contributed by atoms with van der Waals surface area (Å²) < 4.78 is 35.2. The van der Waals surface area contributed by atoms with E-state index in [9.17, 15) is 5.26 Å². The Bertz CT molecular complexity index is 1300. The number of rotatable bonds is 6. The molecule has 194 valence electrons. The topological polar surface area (TPSA) is 59.0 Å². The highest BCUT2D eigenvalue weighted by molar-refractivity contribution is 5.82. The molecule has 3 aromatic rings. The van der Waals surface area contributed by atoms with E-state index in [-0.39, 0.29) is 16.7 Å². The lowest BCUT2D eigenvalue weighted by Crippen LogP contribution is -2.26. The van der Waals surface area contributed by atoms with Gasteiger partial charge in [-0.3, -0.25) is 0 Å². The molecule has 37 heavy (non-hydrogen) atoms. The lowest BCUT2D eigenvalue weighted by Gasteiger charge is -2.35. The third-order valence-electron chi connectivity index (χ3n) is 8.24. The van der Waals surface area contributed by atoms with Gasteiger partial charge in [0.1, 0.15) is 5.75 Å². The monoisotopic (exact) mass is 502 g/mol. The Morgan fingerprint density at radius 2 is 1.49 bits per heavy atom. The summed E-state index contributed by atoms with van der Waals surface area (Å²) >= 11 is 0. The Morgan fingerprint density at radius 1 is 0.892 bits per heavy atom. The Labute approximate surface area is 219 Å². The quantitative estimate of drug-likeness (QED) is 0.343. The molecule has 0 aliphatic heterocycles. The Kier molecular flexibility index (Phi) is 7.33. The van der Waals surface area contributed by atoms with Gasteiger partial charge < -0.3 is 10.5 Å². The smallest absolute Gasteiger partial charge is 0.426 e. The summed E-state index contributed by atoms with van der Waals surface area (Å²) in [5.41, 5.74) is 12.4. The van der Waals surface area contributed by atoms with Gasteiger partial charge >= 0.3 is 6.11 Å². The number of ether oxygens (including phenoxy) is 1. The summed E-state index contributed by atoms with van der Waals surface area (Å²) in [4.78, 5) is 0. The van der Waals surface area contributed by atoms with Gasteiger partial charge in [-0.05, 0) is 124 Å². The zero-order valence-corrected chi connectivity index (χ0v) is 22.4. The first-order valence-corrected chi connectivity index (χ1v) is 13.0. The number of benzene rings is 3. The maximum atomic E-state index is 15.0. The fourth-order valence-electron chi connectivity index (χ4n) is 5.59. The van der Waals surface area contributed by atoms with Crippen molar-refractivity contribution in [3.63, 3.8) is 0 Å². The van der Waals surface area contributed by atoms with Gasteiger partial charge in [-0.25, -0.2) is 0 Å². The number of alkyl halides is 2. The molecule has 3 nitrogen and oxygen atoms in total. The molecule has 0 heterocycles. The fraction of sp³-hybridized carbons (Fsp3) is 0.406. The molecule has 4 rings (SSSR count). The average Bonchev–Trinajstić information content (AvgIpc) is 2.88. The van der Waals surface area contributed by atoms with Crippen molar-refractivity contribution in [1.29, 1.82) is 5.26 Å². The van der Waals surface area contributed by atoms with Crippen LogP contribution in [0.25, 0.3) is 11.1 Å². The molecule has 5 heteroatoms. The van der Waals surface area contributed by atoms with Crippen LogP contribution in [0.4, 0.5) is 14.5 Å². The molecule has 1 fully saturated rings. The van der Waals surface area contributed by atoms with Gasteiger partial charge in [0, 0.05) is 11.3 Å². The van der Waals surface area contributed by atoms with Gasteiger partial charge in [0.05, 0.1) is 17.0 Å². The van der Waals surface area contributed by atoms with Crippen molar-refractivity contribution in [2.75, 3.05) is 5.73 Å². The number of nitrogens with two attached hydrogens (primary N) is 1. The number of halogens is 2. The summed E-state index contributed by atoms with van der Waals surface area (Å²) in [5.74, 6) is 0.914. The standard InChI is InChI=1S/C32H36F2N2O/c1-20-18-21(2)29(30(36)22(20)3)25-8-14-27(15-9-25)32(33,34)37-28-16-10-24(11-17-28)23-6-12-26(13-7-23)31(4,5)19-35/h8-11,14-18,23,26H,6-7,12-13,36H2,1-5H3. The number of nitriles is 1. The second kappa shape index (κ2) is 10.2. The van der Waals surface area contributed by atoms with Crippen LogP contribution in [-0.4, -0.2) is 0 Å². The van der Waals surface area contributed by atoms with Crippen LogP contribution in [0.15, 0.2) is 54.6 Å². The van der Waals surface area contributed by atoms with Crippen LogP contribution in [0.1, 0.15) is 73.3 Å². The minimum atomic E-state index is -3.47. The molecule has 0 spiro atoms. The third kappa shape index (κ3) is 5.49. The average molecular weight is 503 g/mol. The highest BCUT2D eigenvalue weighted by Gasteiger charge is 2.35. The second-order valence-corrected chi connectivity index (χ2v) is 11.1. The van der Waals surface area contributed by atoms with E-state index < -0.39 is 6.11 Å². The van der Waals surface area contributed by atoms with E-state index in [0.29, 0.717) is 17.5 Å². The van der Waals surface area contributed by atoms with Crippen LogP contribution in [0, 0.1) is 43.4 Å². The van der Waals surface area contributed by atoms with E-state index in [1.165, 1.54) is 12.1 Å². The highest BCUT2D eigenvalue weighted by atomic mass is 19.3. The number of nitrogens with zero attached hydrogens (tertiary/aromatic N) is 1. The maximum Gasteiger partial charge on any atom is 0.426 e. The zero-order chi connectivity index (χ0) is 27.0. The molecule has 0 bridgehead atoms. The third-order valence-corrected chi connectivity index (χ3v) is 8.24. The van der Waals surface area contributed by atoms with Crippen molar-refractivity contribution in [2.45, 2.75) is 72.3 Å². The Balaban J connectivity index is 1.44. The van der Waals surface area contributed by atoms with Crippen LogP contribution in [0.2, 0.25) is 0 Å². The van der Waals surface area contributed by atoms with Crippen molar-refractivity contribution >= 4 is 5.69 Å². The number of aryl methyl sites for hydroxylation is 2. The molecule has 0 saturated heterocycles. The molecule has 2 N–H and O–H groups in total. The molecule has 0 radical (unpaired) electrons. The molecule has 0 unspecified atom stereocenters. The lowest BCUT2D eigenvalue weighted by molar-refractivity contribution is -0.185. The van der Waals surface area contributed by atoms with Gasteiger partial charge in [0.15, 0.2) is 0 Å². The molecule has 0 aromatic heterocycles. The number of nitrogen functional groups attached to an aromatic ring is 1. The largest absolute Gasteiger partial charge is 0.429 e. The summed E-state index contributed by atoms with van der Waals surface area (Å²) in [6, 6.07) is 17.7. The normalized spacial score (nSPS) is 18.3. The van der Waals surface area contributed by atoms with E-state index in [1.54, 1.807) is 24.3 Å². The fourth-order valence-corrected chi connectivity index (χ4v) is 5.59. The summed E-state index contributed by atoms with van der Waals surface area (Å²) in [6.45, 7) is 9.98. The first-order chi connectivity index (χ1) is 17.4. The second-order valence-electron chi connectivity index (χ2n) is 11.1. The molecular weight excluding hydrogens is 466 g/mol. The highest BCUT2D eigenvalue weighted by Crippen LogP contribution is 2.44. The van der Waals surface area contributed by atoms with Gasteiger partial charge in [0.25, 0.3) is 0 Å². The first kappa shape index (κ1) is 26.7. The molecule has 1 aliphatic rings. The molecule has 1 aliphatic carbocycles. The van der Waals surface area contributed by atoms with E-state index >= 15 is 8.78 Å². The molecule has 0 atom stereocenters. The van der Waals surface area contributed by atoms with E-state index in [2.05, 4.69) is 12.1 Å². The minimum Gasteiger partial charge on any atom is -0.429 e. The summed E-state index contributed by atoms with van der Waals surface area (Å²) in [5, 5.41) is 9.41. The lowest BCUT2D eigenvalue weighted by atomic mass is 9.68. The van der Waals surface area contributed by atoms with Crippen molar-refractivity contribution in [3.05, 3.63) is 82.4 Å². The predicted octanol–water partition coefficient (Wildman–Crippen LogP) is 8.81. The van der Waals surface area contributed by atoms with Crippen molar-refractivity contribution in [2.24, 2.45) is 11.3 Å². The van der Waals surface area contributed by atoms with Crippen molar-refractivity contribution in [3.8, 4) is 22.9 Å². The van der Waals surface area contributed by atoms with E-state index in [4.69, 9.17) is 10.5 Å². The van der Waals surface area contributed by atoms with Crippen LogP contribution in [-0.2, 0) is 6.11 Å². The number of hydrogen-bond acceptors (Lipinski definition) is 3. The SMILES string of the molecule is Cc1cc(C)c(-c2ccc(C(F)(F)Oc3ccc(C4CCC(C(C)(C)C#N)CC4)cc3)cc2)c(N)c1C. The zero-order valence-electron chi connectivity index (χ0n) is 22.4. The number of hydrogen-bond donors (Lipinski definition) is 1. The van der Waals surface area contributed by atoms with Crippen molar-refractivity contribution in [1.82, 2.24) is 0 Å². The van der Waals surface area contributed by atoms with Crippen LogP contribution >= 0.6 is 0 Å². The van der Waals surface area contributed by atoms with Gasteiger partial charge in [-0.15, -0.1) is 0 Å². The van der Waals surface area contributed by atoms with E-state index in [0.717, 1.165) is 59.1 Å². The molecule has 1 saturated carbocycles. The predicted molar refractivity (Wildman–Crippen MR) is 146 cm³/mol. The van der Waals surface area contributed by atoms with Crippen LogP contribution in [0.3, 0.4) is 0 Å². The molecule has 3 aromatic carbocycles. The Morgan fingerprint density at radius 3 is 2.05 bits per heavy atom. The van der Waals surface area contributed by atoms with Gasteiger partial charge in [-0.2, -0.15) is 14.0 Å². The first-order valence-electron chi connectivity index (χ1n) is 13.0. The molecule has 0 amide bonds. The minimum absolute atomic E-state index is 0.131. The summed E-state index contributed by atoms with van der Waals surface area (Å²) in [7, 11) is 0. The van der Waals surface area contributed by atoms with Crippen LogP contribution in [0.5, 0.6) is 5.75 Å².